The molecule has 0 aromatic heterocycles. The van der Waals surface area contributed by atoms with Gasteiger partial charge in [0.05, 0.1) is 0 Å². The van der Waals surface area contributed by atoms with E-state index in [1.807, 2.05) is 38.1 Å². The molecule has 19 heavy (non-hydrogen) atoms. The van der Waals surface area contributed by atoms with Gasteiger partial charge in [-0.2, -0.15) is 0 Å². The fourth-order valence-corrected chi connectivity index (χ4v) is 2.08. The van der Waals surface area contributed by atoms with Gasteiger partial charge in [-0.05, 0) is 36.5 Å². The first kappa shape index (κ1) is 15.7. The monoisotopic (exact) mass is 262 g/mol. The summed E-state index contributed by atoms with van der Waals surface area (Å²) in [6.07, 6.45) is 3.62. The molecule has 1 aromatic rings. The summed E-state index contributed by atoms with van der Waals surface area (Å²) in [5.74, 6) is 0.455. The minimum Gasteiger partial charge on any atom is -0.327 e. The van der Waals surface area contributed by atoms with Gasteiger partial charge in [-0.15, -0.1) is 0 Å². The second-order valence-electron chi connectivity index (χ2n) is 5.60. The molecule has 0 spiro atoms. The summed E-state index contributed by atoms with van der Waals surface area (Å²) in [6.45, 7) is 6.23. The van der Waals surface area contributed by atoms with Gasteiger partial charge < -0.3 is 11.1 Å². The van der Waals surface area contributed by atoms with E-state index < -0.39 is 0 Å². The minimum absolute atomic E-state index is 0.0745. The number of nitrogens with two attached hydrogens (primary N) is 1. The molecule has 106 valence electrons. The van der Waals surface area contributed by atoms with Gasteiger partial charge >= 0.3 is 0 Å². The van der Waals surface area contributed by atoms with E-state index in [4.69, 9.17) is 5.73 Å². The molecule has 0 aliphatic carbocycles. The van der Waals surface area contributed by atoms with Crippen molar-refractivity contribution in [1.82, 2.24) is 0 Å². The third kappa shape index (κ3) is 6.39. The van der Waals surface area contributed by atoms with Crippen molar-refractivity contribution < 1.29 is 4.79 Å². The van der Waals surface area contributed by atoms with Crippen molar-refractivity contribution in [2.75, 3.05) is 5.32 Å². The average molecular weight is 262 g/mol. The first-order valence-corrected chi connectivity index (χ1v) is 7.15. The molecular formula is C16H26N2O. The molecule has 1 unspecified atom stereocenters. The molecule has 3 heteroatoms. The van der Waals surface area contributed by atoms with Gasteiger partial charge in [0.15, 0.2) is 0 Å². The second kappa shape index (κ2) is 7.95. The van der Waals surface area contributed by atoms with Crippen LogP contribution in [0.25, 0.3) is 0 Å². The Morgan fingerprint density at radius 1 is 1.26 bits per heavy atom. The van der Waals surface area contributed by atoms with Gasteiger partial charge in [0, 0.05) is 18.2 Å². The Balaban J connectivity index is 2.49. The second-order valence-corrected chi connectivity index (χ2v) is 5.60. The number of carbonyl (C=O) groups is 1. The molecule has 0 bridgehead atoms. The molecule has 0 heterocycles. The highest BCUT2D eigenvalue weighted by Crippen LogP contribution is 2.13. The first-order valence-electron chi connectivity index (χ1n) is 7.15. The van der Waals surface area contributed by atoms with Crippen LogP contribution in [-0.4, -0.2) is 11.9 Å². The molecular weight excluding hydrogens is 236 g/mol. The molecule has 0 saturated carbocycles. The van der Waals surface area contributed by atoms with Gasteiger partial charge in [-0.3, -0.25) is 4.79 Å². The number of carbonyl (C=O) groups excluding carboxylic acids is 1. The van der Waals surface area contributed by atoms with Crippen LogP contribution in [-0.2, 0) is 11.2 Å². The van der Waals surface area contributed by atoms with Crippen LogP contribution >= 0.6 is 0 Å². The third-order valence-electron chi connectivity index (χ3n) is 2.99. The zero-order valence-electron chi connectivity index (χ0n) is 12.3. The lowest BCUT2D eigenvalue weighted by atomic mass is 10.0. The highest BCUT2D eigenvalue weighted by atomic mass is 16.1. The summed E-state index contributed by atoms with van der Waals surface area (Å²) >= 11 is 0. The van der Waals surface area contributed by atoms with E-state index >= 15 is 0 Å². The topological polar surface area (TPSA) is 55.1 Å². The lowest BCUT2D eigenvalue weighted by Crippen LogP contribution is -2.22. The van der Waals surface area contributed by atoms with Crippen LogP contribution in [0.4, 0.5) is 5.69 Å². The molecule has 0 aliphatic heterocycles. The van der Waals surface area contributed by atoms with Crippen molar-refractivity contribution in [2.24, 2.45) is 11.7 Å². The molecule has 0 radical (unpaired) electrons. The van der Waals surface area contributed by atoms with Gasteiger partial charge in [0.2, 0.25) is 5.91 Å². The van der Waals surface area contributed by atoms with E-state index in [-0.39, 0.29) is 11.9 Å². The molecule has 3 N–H and O–H groups in total. The predicted molar refractivity (Wildman–Crippen MR) is 81.1 cm³/mol. The van der Waals surface area contributed by atoms with Crippen LogP contribution in [0.2, 0.25) is 0 Å². The summed E-state index contributed by atoms with van der Waals surface area (Å²) in [5, 5.41) is 2.91. The largest absolute Gasteiger partial charge is 0.327 e. The number of benzene rings is 1. The predicted octanol–water partition coefficient (Wildman–Crippen LogP) is 3.34. The number of anilines is 1. The van der Waals surface area contributed by atoms with Crippen molar-refractivity contribution in [2.45, 2.75) is 52.5 Å². The highest BCUT2D eigenvalue weighted by Gasteiger charge is 2.06. The smallest absolute Gasteiger partial charge is 0.224 e. The van der Waals surface area contributed by atoms with Crippen molar-refractivity contribution in [3.63, 3.8) is 0 Å². The van der Waals surface area contributed by atoms with Gasteiger partial charge in [-0.1, -0.05) is 39.3 Å². The summed E-state index contributed by atoms with van der Waals surface area (Å²) in [6, 6.07) is 8.21. The SMILES string of the molecule is CCCC(N)Cc1ccc(NC(=O)CC(C)C)cc1. The minimum atomic E-state index is 0.0745. The molecule has 1 aromatic carbocycles. The number of nitrogens with one attached hydrogen (secondary N) is 1. The van der Waals surface area contributed by atoms with E-state index in [1.165, 1.54) is 5.56 Å². The Hall–Kier alpha value is -1.35. The fraction of sp³-hybridized carbons (Fsp3) is 0.562. The number of hydrogen-bond acceptors (Lipinski definition) is 2. The van der Waals surface area contributed by atoms with Gasteiger partial charge in [0.25, 0.3) is 0 Å². The van der Waals surface area contributed by atoms with Crippen LogP contribution in [0, 0.1) is 5.92 Å². The summed E-state index contributed by atoms with van der Waals surface area (Å²) < 4.78 is 0. The van der Waals surface area contributed by atoms with E-state index in [0.29, 0.717) is 12.3 Å². The normalized spacial score (nSPS) is 12.5. The Bertz CT molecular complexity index is 384. The Morgan fingerprint density at radius 3 is 2.42 bits per heavy atom. The first-order chi connectivity index (χ1) is 9.01. The quantitative estimate of drug-likeness (QED) is 0.792. The van der Waals surface area contributed by atoms with E-state index in [0.717, 1.165) is 24.9 Å². The molecule has 0 saturated heterocycles. The number of hydrogen-bond donors (Lipinski definition) is 2. The van der Waals surface area contributed by atoms with E-state index in [2.05, 4.69) is 12.2 Å². The van der Waals surface area contributed by atoms with Crippen molar-refractivity contribution in [3.8, 4) is 0 Å². The van der Waals surface area contributed by atoms with Crippen LogP contribution in [0.15, 0.2) is 24.3 Å². The van der Waals surface area contributed by atoms with Crippen LogP contribution in [0.5, 0.6) is 0 Å². The summed E-state index contributed by atoms with van der Waals surface area (Å²) in [7, 11) is 0. The van der Waals surface area contributed by atoms with Crippen LogP contribution in [0.1, 0.15) is 45.6 Å². The maximum atomic E-state index is 11.6. The zero-order chi connectivity index (χ0) is 14.3. The molecule has 1 amide bonds. The molecule has 0 fully saturated rings. The molecule has 1 atom stereocenters. The van der Waals surface area contributed by atoms with E-state index in [1.54, 1.807) is 0 Å². The fourth-order valence-electron chi connectivity index (χ4n) is 2.08. The Labute approximate surface area is 116 Å². The van der Waals surface area contributed by atoms with Crippen molar-refractivity contribution in [3.05, 3.63) is 29.8 Å². The van der Waals surface area contributed by atoms with E-state index in [9.17, 15) is 4.79 Å². The van der Waals surface area contributed by atoms with Crippen LogP contribution < -0.4 is 11.1 Å². The van der Waals surface area contributed by atoms with Crippen molar-refractivity contribution >= 4 is 11.6 Å². The number of amides is 1. The highest BCUT2D eigenvalue weighted by molar-refractivity contribution is 5.90. The molecule has 1 rings (SSSR count). The maximum absolute atomic E-state index is 11.6. The average Bonchev–Trinajstić information content (AvgIpc) is 2.31. The lowest BCUT2D eigenvalue weighted by molar-refractivity contribution is -0.116. The standard InChI is InChI=1S/C16H26N2O/c1-4-5-14(17)11-13-6-8-15(9-7-13)18-16(19)10-12(2)3/h6-9,12,14H,4-5,10-11,17H2,1-3H3,(H,18,19). The van der Waals surface area contributed by atoms with Crippen molar-refractivity contribution in [1.29, 1.82) is 0 Å². The maximum Gasteiger partial charge on any atom is 0.224 e. The Morgan fingerprint density at radius 2 is 1.89 bits per heavy atom. The van der Waals surface area contributed by atoms with Gasteiger partial charge in [0.1, 0.15) is 0 Å². The van der Waals surface area contributed by atoms with Gasteiger partial charge in [-0.25, -0.2) is 0 Å². The number of rotatable bonds is 7. The summed E-state index contributed by atoms with van der Waals surface area (Å²) in [5.41, 5.74) is 8.10. The zero-order valence-corrected chi connectivity index (χ0v) is 12.3. The molecule has 0 aliphatic rings. The molecule has 3 nitrogen and oxygen atoms in total. The lowest BCUT2D eigenvalue weighted by Gasteiger charge is -2.11. The third-order valence-corrected chi connectivity index (χ3v) is 2.99. The summed E-state index contributed by atoms with van der Waals surface area (Å²) in [4.78, 5) is 11.6. The Kier molecular flexibility index (Phi) is 6.57. The van der Waals surface area contributed by atoms with Crippen LogP contribution in [0.3, 0.4) is 0 Å².